The lowest BCUT2D eigenvalue weighted by Crippen LogP contribution is -2.59. The molecule has 1 aromatic carbocycles. The van der Waals surface area contributed by atoms with Gasteiger partial charge >= 0.3 is 0 Å². The van der Waals surface area contributed by atoms with Gasteiger partial charge in [-0.25, -0.2) is 0 Å². The first-order valence-electron chi connectivity index (χ1n) is 6.98. The number of hydrogen-bond acceptors (Lipinski definition) is 3. The lowest BCUT2D eigenvalue weighted by Gasteiger charge is -2.43. The molecule has 1 atom stereocenters. The minimum atomic E-state index is 0.00658. The van der Waals surface area contributed by atoms with E-state index in [0.717, 1.165) is 18.7 Å². The Kier molecular flexibility index (Phi) is 4.75. The number of amides is 1. The van der Waals surface area contributed by atoms with Gasteiger partial charge in [-0.1, -0.05) is 30.3 Å². The summed E-state index contributed by atoms with van der Waals surface area (Å²) in [5, 5.41) is 8.95. The highest BCUT2D eigenvalue weighted by Gasteiger charge is 2.32. The molecule has 0 aromatic heterocycles. The first-order chi connectivity index (χ1) is 9.61. The van der Waals surface area contributed by atoms with Crippen LogP contribution < -0.4 is 0 Å². The minimum absolute atomic E-state index is 0.00658. The second-order valence-corrected chi connectivity index (χ2v) is 5.59. The normalized spacial score (nSPS) is 16.6. The van der Waals surface area contributed by atoms with Crippen molar-refractivity contribution < 1.29 is 4.79 Å². The summed E-state index contributed by atoms with van der Waals surface area (Å²) >= 11 is 0. The van der Waals surface area contributed by atoms with Crippen molar-refractivity contribution in [2.24, 2.45) is 0 Å². The van der Waals surface area contributed by atoms with Gasteiger partial charge in [-0.05, 0) is 19.7 Å². The SMILES string of the molecule is CN(C)C1CN(C(=O)CC(CC#N)c2ccccc2)C1. The fourth-order valence-electron chi connectivity index (χ4n) is 2.47. The summed E-state index contributed by atoms with van der Waals surface area (Å²) in [6.07, 6.45) is 0.818. The van der Waals surface area contributed by atoms with E-state index in [1.165, 1.54) is 0 Å². The maximum atomic E-state index is 12.3. The maximum absolute atomic E-state index is 12.3. The zero-order chi connectivity index (χ0) is 14.5. The highest BCUT2D eigenvalue weighted by molar-refractivity contribution is 5.78. The van der Waals surface area contributed by atoms with Crippen LogP contribution in [0.25, 0.3) is 0 Å². The monoisotopic (exact) mass is 271 g/mol. The highest BCUT2D eigenvalue weighted by atomic mass is 16.2. The molecular formula is C16H21N3O. The number of nitriles is 1. The van der Waals surface area contributed by atoms with Gasteiger partial charge in [0, 0.05) is 37.9 Å². The summed E-state index contributed by atoms with van der Waals surface area (Å²) in [6.45, 7) is 1.61. The third kappa shape index (κ3) is 3.37. The molecule has 0 N–H and O–H groups in total. The first-order valence-corrected chi connectivity index (χ1v) is 6.98. The largest absolute Gasteiger partial charge is 0.339 e. The van der Waals surface area contributed by atoms with Gasteiger partial charge in [-0.3, -0.25) is 4.79 Å². The van der Waals surface area contributed by atoms with Crippen molar-refractivity contribution in [1.29, 1.82) is 5.26 Å². The fraction of sp³-hybridized carbons (Fsp3) is 0.500. The predicted octanol–water partition coefficient (Wildman–Crippen LogP) is 1.85. The number of likely N-dealkylation sites (tertiary alicyclic amines) is 1. The van der Waals surface area contributed by atoms with Crippen LogP contribution in [0.15, 0.2) is 30.3 Å². The molecular weight excluding hydrogens is 250 g/mol. The van der Waals surface area contributed by atoms with Gasteiger partial charge in [0.25, 0.3) is 0 Å². The highest BCUT2D eigenvalue weighted by Crippen LogP contribution is 2.25. The van der Waals surface area contributed by atoms with Crippen molar-refractivity contribution in [2.45, 2.75) is 24.8 Å². The van der Waals surface area contributed by atoms with Crippen LogP contribution in [0.3, 0.4) is 0 Å². The zero-order valence-corrected chi connectivity index (χ0v) is 12.1. The van der Waals surface area contributed by atoms with E-state index in [4.69, 9.17) is 5.26 Å². The Morgan fingerprint density at radius 3 is 2.60 bits per heavy atom. The molecule has 0 saturated carbocycles. The van der Waals surface area contributed by atoms with Gasteiger partial charge in [-0.15, -0.1) is 0 Å². The van der Waals surface area contributed by atoms with E-state index in [1.54, 1.807) is 0 Å². The van der Waals surface area contributed by atoms with Crippen molar-refractivity contribution in [1.82, 2.24) is 9.80 Å². The molecule has 20 heavy (non-hydrogen) atoms. The molecule has 0 radical (unpaired) electrons. The van der Waals surface area contributed by atoms with Gasteiger partial charge in [0.05, 0.1) is 6.07 Å². The molecule has 1 saturated heterocycles. The average Bonchev–Trinajstić information content (AvgIpc) is 2.37. The molecule has 0 spiro atoms. The average molecular weight is 271 g/mol. The van der Waals surface area contributed by atoms with E-state index in [9.17, 15) is 4.79 Å². The Hall–Kier alpha value is -1.86. The van der Waals surface area contributed by atoms with Crippen molar-refractivity contribution >= 4 is 5.91 Å². The van der Waals surface area contributed by atoms with Gasteiger partial charge in [-0.2, -0.15) is 5.26 Å². The van der Waals surface area contributed by atoms with E-state index < -0.39 is 0 Å². The van der Waals surface area contributed by atoms with Crippen LogP contribution in [0.5, 0.6) is 0 Å². The van der Waals surface area contributed by atoms with Crippen LogP contribution in [0.4, 0.5) is 0 Å². The quantitative estimate of drug-likeness (QED) is 0.821. The Balaban J connectivity index is 1.93. The van der Waals surface area contributed by atoms with E-state index >= 15 is 0 Å². The van der Waals surface area contributed by atoms with Crippen LogP contribution in [0.1, 0.15) is 24.3 Å². The molecule has 2 rings (SSSR count). The number of carbonyl (C=O) groups excluding carboxylic acids is 1. The number of likely N-dealkylation sites (N-methyl/N-ethyl adjacent to an activating group) is 1. The third-order valence-electron chi connectivity index (χ3n) is 3.97. The van der Waals surface area contributed by atoms with Crippen LogP contribution in [0.2, 0.25) is 0 Å². The molecule has 1 amide bonds. The lowest BCUT2D eigenvalue weighted by molar-refractivity contribution is -0.138. The molecule has 4 nitrogen and oxygen atoms in total. The van der Waals surface area contributed by atoms with E-state index in [2.05, 4.69) is 11.0 Å². The van der Waals surface area contributed by atoms with Gasteiger partial charge < -0.3 is 9.80 Å². The summed E-state index contributed by atoms with van der Waals surface area (Å²) in [7, 11) is 4.07. The van der Waals surface area contributed by atoms with Crippen LogP contribution in [-0.2, 0) is 4.79 Å². The molecule has 1 fully saturated rings. The standard InChI is InChI=1S/C16H21N3O/c1-18(2)15-11-19(12-15)16(20)10-14(8-9-17)13-6-4-3-5-7-13/h3-7,14-15H,8,10-12H2,1-2H3. The summed E-state index contributed by atoms with van der Waals surface area (Å²) in [5.74, 6) is 0.166. The summed E-state index contributed by atoms with van der Waals surface area (Å²) < 4.78 is 0. The molecule has 4 heteroatoms. The van der Waals surface area contributed by atoms with Crippen LogP contribution in [-0.4, -0.2) is 48.9 Å². The number of carbonyl (C=O) groups is 1. The van der Waals surface area contributed by atoms with Crippen molar-refractivity contribution in [3.8, 4) is 6.07 Å². The molecule has 1 heterocycles. The van der Waals surface area contributed by atoms with Crippen LogP contribution >= 0.6 is 0 Å². The number of hydrogen-bond donors (Lipinski definition) is 0. The van der Waals surface area contributed by atoms with E-state index in [0.29, 0.717) is 18.9 Å². The number of nitrogens with zero attached hydrogens (tertiary/aromatic N) is 3. The Morgan fingerprint density at radius 1 is 1.40 bits per heavy atom. The third-order valence-corrected chi connectivity index (χ3v) is 3.97. The lowest BCUT2D eigenvalue weighted by atomic mass is 9.92. The molecule has 1 aliphatic rings. The molecule has 1 aromatic rings. The summed E-state index contributed by atoms with van der Waals surface area (Å²) in [4.78, 5) is 16.3. The van der Waals surface area contributed by atoms with Crippen molar-refractivity contribution in [3.63, 3.8) is 0 Å². The Bertz CT molecular complexity index is 486. The van der Waals surface area contributed by atoms with Crippen molar-refractivity contribution in [2.75, 3.05) is 27.2 Å². The molecule has 0 bridgehead atoms. The summed E-state index contributed by atoms with van der Waals surface area (Å²) in [5.41, 5.74) is 1.08. The fourth-order valence-corrected chi connectivity index (χ4v) is 2.47. The van der Waals surface area contributed by atoms with Crippen LogP contribution in [0, 0.1) is 11.3 Å². The minimum Gasteiger partial charge on any atom is -0.339 e. The van der Waals surface area contributed by atoms with E-state index in [-0.39, 0.29) is 11.8 Å². The molecule has 106 valence electrons. The van der Waals surface area contributed by atoms with Crippen molar-refractivity contribution in [3.05, 3.63) is 35.9 Å². The van der Waals surface area contributed by atoms with E-state index in [1.807, 2.05) is 49.3 Å². The Morgan fingerprint density at radius 2 is 2.05 bits per heavy atom. The summed E-state index contributed by atoms with van der Waals surface area (Å²) in [6, 6.07) is 12.5. The topological polar surface area (TPSA) is 47.3 Å². The van der Waals surface area contributed by atoms with Gasteiger partial charge in [0.2, 0.25) is 5.91 Å². The Labute approximate surface area is 120 Å². The number of rotatable bonds is 5. The predicted molar refractivity (Wildman–Crippen MR) is 78.1 cm³/mol. The molecule has 1 unspecified atom stereocenters. The second kappa shape index (κ2) is 6.53. The molecule has 0 aliphatic carbocycles. The first kappa shape index (κ1) is 14.5. The smallest absolute Gasteiger partial charge is 0.223 e. The second-order valence-electron chi connectivity index (χ2n) is 5.59. The zero-order valence-electron chi connectivity index (χ0n) is 12.1. The maximum Gasteiger partial charge on any atom is 0.223 e. The van der Waals surface area contributed by atoms with Gasteiger partial charge in [0.15, 0.2) is 0 Å². The number of benzene rings is 1. The molecule has 1 aliphatic heterocycles. The van der Waals surface area contributed by atoms with Gasteiger partial charge in [0.1, 0.15) is 0 Å².